The Labute approximate surface area is 181 Å². The Morgan fingerprint density at radius 3 is 3.15 bits per heavy atom. The van der Waals surface area contributed by atoms with E-state index in [4.69, 9.17) is 25.4 Å². The second-order valence-electron chi connectivity index (χ2n) is 6.02. The van der Waals surface area contributed by atoms with Crippen molar-refractivity contribution < 1.29 is 22.3 Å². The predicted molar refractivity (Wildman–Crippen MR) is 110 cm³/mol. The molecule has 0 bridgehead atoms. The van der Waals surface area contributed by atoms with Crippen LogP contribution in [0, 0.1) is 0 Å². The Morgan fingerprint density at radius 2 is 2.44 bits per heavy atom. The number of nitrogens with zero attached hydrogens (tertiary/aromatic N) is 2. The maximum Gasteiger partial charge on any atom is 0.293 e. The topological polar surface area (TPSA) is 74.6 Å². The zero-order chi connectivity index (χ0) is 28.1. The van der Waals surface area contributed by atoms with Crippen LogP contribution in [0.25, 0.3) is 10.2 Å². The SMILES string of the molecule is [2H]Oc1c(C(=O)N([2H])C([2H])CC([2H])N2CCC([2H])([2H])CC2)c(=O)n(C([2H])(C)C([2H])([2H])[2H])c2sc(Cl)cc12. The third kappa shape index (κ3) is 4.31. The van der Waals surface area contributed by atoms with Gasteiger partial charge in [0.05, 0.1) is 11.1 Å². The second-order valence-corrected chi connectivity index (χ2v) is 7.68. The molecule has 2 N–H and O–H groups in total. The highest BCUT2D eigenvalue weighted by atomic mass is 35.5. The predicted octanol–water partition coefficient (Wildman–Crippen LogP) is 3.61. The van der Waals surface area contributed by atoms with Gasteiger partial charge in [-0.2, -0.15) is 0 Å². The van der Waals surface area contributed by atoms with Crippen LogP contribution in [0.4, 0.5) is 0 Å². The molecule has 1 aliphatic heterocycles. The summed E-state index contributed by atoms with van der Waals surface area (Å²) in [5.41, 5.74) is -2.20. The van der Waals surface area contributed by atoms with Crippen LogP contribution in [0.3, 0.4) is 0 Å². The van der Waals surface area contributed by atoms with Gasteiger partial charge in [-0.1, -0.05) is 18.0 Å². The fourth-order valence-corrected chi connectivity index (χ4v) is 4.13. The summed E-state index contributed by atoms with van der Waals surface area (Å²) in [6.45, 7) is -4.17. The van der Waals surface area contributed by atoms with Crippen molar-refractivity contribution in [3.8, 4) is 5.75 Å². The summed E-state index contributed by atoms with van der Waals surface area (Å²) in [6, 6.07) is -1.32. The van der Waals surface area contributed by atoms with Crippen LogP contribution in [0.5, 0.6) is 5.75 Å². The number of carbonyl (C=O) groups excluding carboxylic acids is 1. The van der Waals surface area contributed by atoms with Crippen molar-refractivity contribution >= 4 is 39.1 Å². The molecule has 6 nitrogen and oxygen atoms in total. The lowest BCUT2D eigenvalue weighted by molar-refractivity contribution is 0.0946. The van der Waals surface area contributed by atoms with Crippen LogP contribution in [0.2, 0.25) is 5.75 Å². The Hall–Kier alpha value is -1.57. The number of likely N-dealkylation sites (tertiary alicyclic amines) is 1. The zero-order valence-electron chi connectivity index (χ0n) is 24.6. The summed E-state index contributed by atoms with van der Waals surface area (Å²) in [5, 5.41) is 4.63. The summed E-state index contributed by atoms with van der Waals surface area (Å²) < 4.78 is 80.2. The Balaban J connectivity index is 2.01. The van der Waals surface area contributed by atoms with E-state index in [1.165, 1.54) is 6.07 Å². The number of fused-ring (bicyclic) bond motifs is 1. The number of hydrogen-bond acceptors (Lipinski definition) is 5. The van der Waals surface area contributed by atoms with E-state index in [0.29, 0.717) is 4.57 Å². The lowest BCUT2D eigenvalue weighted by atomic mass is 10.1. The number of amides is 1. The number of pyridine rings is 1. The van der Waals surface area contributed by atoms with E-state index < -0.39 is 55.1 Å². The normalized spacial score (nSPS) is 27.6. The van der Waals surface area contributed by atoms with Gasteiger partial charge in [-0.3, -0.25) is 14.2 Å². The minimum atomic E-state index is -3.02. The highest BCUT2D eigenvalue weighted by Crippen LogP contribution is 2.36. The Morgan fingerprint density at radius 1 is 1.67 bits per heavy atom. The first-order valence-corrected chi connectivity index (χ1v) is 9.55. The first-order chi connectivity index (χ1) is 16.9. The largest absolute Gasteiger partial charge is 0.506 e. The number of nitrogens with one attached hydrogen (secondary N) is 1. The average Bonchev–Trinajstić information content (AvgIpc) is 3.16. The summed E-state index contributed by atoms with van der Waals surface area (Å²) >= 11 is 6.82. The summed E-state index contributed by atoms with van der Waals surface area (Å²) in [7, 11) is 0. The molecule has 0 saturated carbocycles. The quantitative estimate of drug-likeness (QED) is 0.716. The Bertz CT molecular complexity index is 1220. The van der Waals surface area contributed by atoms with Gasteiger partial charge < -0.3 is 15.3 Å². The first-order valence-electron chi connectivity index (χ1n) is 13.4. The van der Waals surface area contributed by atoms with Gasteiger partial charge in [0.25, 0.3) is 12.9 Å². The van der Waals surface area contributed by atoms with Crippen LogP contribution in [0.15, 0.2) is 10.9 Å². The molecule has 3 unspecified atom stereocenters. The highest BCUT2D eigenvalue weighted by molar-refractivity contribution is 7.22. The number of carbonyl (C=O) groups is 1. The van der Waals surface area contributed by atoms with E-state index in [9.17, 15) is 9.59 Å². The highest BCUT2D eigenvalue weighted by Gasteiger charge is 2.24. The maximum atomic E-state index is 13.5. The van der Waals surface area contributed by atoms with Gasteiger partial charge in [0, 0.05) is 22.1 Å². The van der Waals surface area contributed by atoms with Gasteiger partial charge >= 0.3 is 0 Å². The third-order valence-electron chi connectivity index (χ3n) is 4.15. The van der Waals surface area contributed by atoms with Crippen molar-refractivity contribution in [3.05, 3.63) is 26.3 Å². The monoisotopic (exact) mass is 421 g/mol. The van der Waals surface area contributed by atoms with Crippen molar-refractivity contribution in [1.29, 1.82) is 1.43 Å². The molecule has 3 rings (SSSR count). The molecule has 1 amide bonds. The second kappa shape index (κ2) is 8.63. The number of thiophene rings is 1. The summed E-state index contributed by atoms with van der Waals surface area (Å²) in [6.07, 6.45) is -1.25. The molecular formula is C19H26ClN3O3S. The summed E-state index contributed by atoms with van der Waals surface area (Å²) in [5.74, 6) is -1.95. The number of aromatic nitrogens is 1. The smallest absolute Gasteiger partial charge is 0.293 e. The van der Waals surface area contributed by atoms with E-state index in [-0.39, 0.29) is 52.2 Å². The van der Waals surface area contributed by atoms with E-state index in [2.05, 4.69) is 5.11 Å². The molecule has 0 aliphatic carbocycles. The van der Waals surface area contributed by atoms with Gasteiger partial charge in [0.2, 0.25) is 0 Å². The lowest BCUT2D eigenvalue weighted by Gasteiger charge is -2.26. The van der Waals surface area contributed by atoms with Gasteiger partial charge in [-0.15, -0.1) is 11.3 Å². The number of rotatable bonds is 7. The van der Waals surface area contributed by atoms with Crippen LogP contribution < -0.4 is 10.9 Å². The number of hydrogen-bond donors (Lipinski definition) is 2. The minimum absolute atomic E-state index is 0.0662. The zero-order valence-corrected chi connectivity index (χ0v) is 16.2. The fourth-order valence-electron chi connectivity index (χ4n) is 2.87. The standard InChI is InChI=1S/C19H26ClN3O3S/c1-12(2)23-18(26)15(16(24)13-11-14(20)27-19(13)23)17(25)21-7-6-10-22-8-4-3-5-9-22/h11-12,24H,3-10H2,1-2H3,(H,21,25)/i1D3,3D2,7D,10D,12D/hD2. The van der Waals surface area contributed by atoms with Gasteiger partial charge in [0.15, 0.2) is 1.41 Å². The minimum Gasteiger partial charge on any atom is -0.506 e. The molecule has 2 aromatic rings. The van der Waals surface area contributed by atoms with Crippen LogP contribution >= 0.6 is 22.9 Å². The molecule has 27 heavy (non-hydrogen) atoms. The van der Waals surface area contributed by atoms with Crippen molar-refractivity contribution in [1.82, 2.24) is 14.8 Å². The molecule has 148 valence electrons. The van der Waals surface area contributed by atoms with Crippen LogP contribution in [-0.2, 0) is 0 Å². The fraction of sp³-hybridized carbons (Fsp3) is 0.579. The van der Waals surface area contributed by atoms with Gasteiger partial charge in [-0.25, -0.2) is 0 Å². The molecule has 0 spiro atoms. The average molecular weight is 422 g/mol. The first kappa shape index (κ1) is 10.8. The van der Waals surface area contributed by atoms with Crippen molar-refractivity contribution in [2.75, 3.05) is 26.1 Å². The van der Waals surface area contributed by atoms with E-state index in [0.717, 1.165) is 18.3 Å². The molecule has 1 saturated heterocycles. The van der Waals surface area contributed by atoms with E-state index in [1.54, 1.807) is 4.90 Å². The van der Waals surface area contributed by atoms with Crippen LogP contribution in [0.1, 0.15) is 66.8 Å². The Kier molecular flexibility index (Phi) is 3.46. The van der Waals surface area contributed by atoms with Crippen LogP contribution in [-0.4, -0.2) is 48.0 Å². The van der Waals surface area contributed by atoms with E-state index in [1.807, 2.05) is 0 Å². The maximum absolute atomic E-state index is 13.5. The number of halogens is 1. The molecule has 1 aliphatic rings. The molecule has 8 heteroatoms. The van der Waals surface area contributed by atoms with Crippen molar-refractivity contribution in [2.45, 2.75) is 45.4 Å². The van der Waals surface area contributed by atoms with Gasteiger partial charge in [0.1, 0.15) is 16.1 Å². The van der Waals surface area contributed by atoms with Crippen molar-refractivity contribution in [3.63, 3.8) is 0 Å². The number of piperidine rings is 1. The molecule has 0 radical (unpaired) electrons. The molecule has 0 aromatic carbocycles. The molecule has 3 atom stereocenters. The lowest BCUT2D eigenvalue weighted by Crippen LogP contribution is -2.36. The molecule has 1 fully saturated rings. The number of aromatic hydroxyl groups is 1. The summed E-state index contributed by atoms with van der Waals surface area (Å²) in [4.78, 5) is 28.3. The molecule has 2 aromatic heterocycles. The van der Waals surface area contributed by atoms with Crippen molar-refractivity contribution in [2.24, 2.45) is 0 Å². The van der Waals surface area contributed by atoms with Gasteiger partial charge in [-0.05, 0) is 58.7 Å². The third-order valence-corrected chi connectivity index (χ3v) is 5.40. The molecule has 3 heterocycles. The van der Waals surface area contributed by atoms with E-state index >= 15 is 0 Å². The molecular weight excluding hydrogens is 386 g/mol.